The highest BCUT2D eigenvalue weighted by atomic mass is 16.5. The van der Waals surface area contributed by atoms with Crippen molar-refractivity contribution < 1.29 is 19.1 Å². The molecule has 3 rings (SSSR count). The van der Waals surface area contributed by atoms with Crippen molar-refractivity contribution in [2.24, 2.45) is 0 Å². The van der Waals surface area contributed by atoms with E-state index in [2.05, 4.69) is 0 Å². The van der Waals surface area contributed by atoms with Gasteiger partial charge in [0.25, 0.3) is 5.91 Å². The molecule has 2 aromatic carbocycles. The van der Waals surface area contributed by atoms with Crippen molar-refractivity contribution >= 4 is 23.6 Å². The number of carbonyl (C=O) groups excluding carboxylic acids is 2. The molecule has 0 unspecified atom stereocenters. The van der Waals surface area contributed by atoms with Gasteiger partial charge < -0.3 is 14.4 Å². The number of fused-ring (bicyclic) bond motifs is 1. The molecule has 0 fully saturated rings. The van der Waals surface area contributed by atoms with Crippen LogP contribution in [-0.4, -0.2) is 32.1 Å². The first kappa shape index (κ1) is 17.7. The minimum Gasteiger partial charge on any atom is -0.497 e. The highest BCUT2D eigenvalue weighted by Crippen LogP contribution is 2.26. The summed E-state index contributed by atoms with van der Waals surface area (Å²) in [4.78, 5) is 26.0. The lowest BCUT2D eigenvalue weighted by Crippen LogP contribution is -2.38. The van der Waals surface area contributed by atoms with E-state index < -0.39 is 5.97 Å². The van der Waals surface area contributed by atoms with Gasteiger partial charge in [0.2, 0.25) is 0 Å². The Balaban J connectivity index is 1.56. The maximum absolute atomic E-state index is 12.4. The minimum absolute atomic E-state index is 0.208. The normalized spacial score (nSPS) is 13.3. The van der Waals surface area contributed by atoms with Crippen LogP contribution in [-0.2, 0) is 20.7 Å². The van der Waals surface area contributed by atoms with Crippen LogP contribution in [0.2, 0.25) is 0 Å². The Morgan fingerprint density at radius 2 is 2.00 bits per heavy atom. The molecule has 0 bridgehead atoms. The topological polar surface area (TPSA) is 55.8 Å². The monoisotopic (exact) mass is 351 g/mol. The highest BCUT2D eigenvalue weighted by Gasteiger charge is 2.22. The lowest BCUT2D eigenvalue weighted by molar-refractivity contribution is -0.142. The summed E-state index contributed by atoms with van der Waals surface area (Å²) in [6.45, 7) is 0.378. The summed E-state index contributed by atoms with van der Waals surface area (Å²) in [7, 11) is 1.58. The van der Waals surface area contributed by atoms with Crippen LogP contribution < -0.4 is 9.64 Å². The molecule has 0 atom stereocenters. The molecule has 0 aliphatic carbocycles. The molecule has 26 heavy (non-hydrogen) atoms. The van der Waals surface area contributed by atoms with Crippen LogP contribution in [0, 0.1) is 0 Å². The number of anilines is 1. The van der Waals surface area contributed by atoms with E-state index in [9.17, 15) is 9.59 Å². The number of hydrogen-bond acceptors (Lipinski definition) is 4. The summed E-state index contributed by atoms with van der Waals surface area (Å²) in [5.41, 5.74) is 2.88. The molecule has 1 aliphatic heterocycles. The van der Waals surface area contributed by atoms with Crippen molar-refractivity contribution in [2.45, 2.75) is 12.8 Å². The van der Waals surface area contributed by atoms with Gasteiger partial charge in [0.05, 0.1) is 7.11 Å². The number of nitrogens with zero attached hydrogens (tertiary/aromatic N) is 1. The van der Waals surface area contributed by atoms with Crippen LogP contribution >= 0.6 is 0 Å². The summed E-state index contributed by atoms with van der Waals surface area (Å²) >= 11 is 0. The third-order valence-electron chi connectivity index (χ3n) is 4.25. The third kappa shape index (κ3) is 4.30. The molecule has 0 spiro atoms. The fourth-order valence-electron chi connectivity index (χ4n) is 2.96. The van der Waals surface area contributed by atoms with Crippen molar-refractivity contribution in [3.05, 3.63) is 65.7 Å². The summed E-state index contributed by atoms with van der Waals surface area (Å²) in [5, 5.41) is 0. The third-order valence-corrected chi connectivity index (χ3v) is 4.25. The lowest BCUT2D eigenvalue weighted by Gasteiger charge is -2.29. The van der Waals surface area contributed by atoms with Gasteiger partial charge in [0.1, 0.15) is 5.75 Å². The molecule has 134 valence electrons. The second kappa shape index (κ2) is 8.34. The van der Waals surface area contributed by atoms with E-state index >= 15 is 0 Å². The first-order valence-corrected chi connectivity index (χ1v) is 8.54. The van der Waals surface area contributed by atoms with E-state index in [1.165, 1.54) is 6.08 Å². The second-order valence-electron chi connectivity index (χ2n) is 6.00. The quantitative estimate of drug-likeness (QED) is 0.613. The van der Waals surface area contributed by atoms with Gasteiger partial charge in [-0.05, 0) is 48.2 Å². The highest BCUT2D eigenvalue weighted by molar-refractivity contribution is 5.97. The number of methoxy groups -OCH3 is 1. The zero-order valence-corrected chi connectivity index (χ0v) is 14.7. The van der Waals surface area contributed by atoms with Crippen LogP contribution in [0.5, 0.6) is 5.75 Å². The molecular formula is C21H21NO4. The Hall–Kier alpha value is -3.08. The number of benzene rings is 2. The molecule has 0 aromatic heterocycles. The van der Waals surface area contributed by atoms with E-state index in [0.717, 1.165) is 29.7 Å². The van der Waals surface area contributed by atoms with Crippen LogP contribution in [0.25, 0.3) is 6.08 Å². The fraction of sp³-hybridized carbons (Fsp3) is 0.238. The zero-order chi connectivity index (χ0) is 18.4. The first-order valence-electron chi connectivity index (χ1n) is 8.54. The molecule has 1 amide bonds. The van der Waals surface area contributed by atoms with Crippen molar-refractivity contribution in [1.82, 2.24) is 0 Å². The molecule has 0 saturated carbocycles. The Labute approximate surface area is 152 Å². The predicted molar refractivity (Wildman–Crippen MR) is 100 cm³/mol. The zero-order valence-electron chi connectivity index (χ0n) is 14.7. The molecule has 0 N–H and O–H groups in total. The fourth-order valence-corrected chi connectivity index (χ4v) is 2.96. The smallest absolute Gasteiger partial charge is 0.331 e. The molecular weight excluding hydrogens is 330 g/mol. The standard InChI is InChI=1S/C21H21NO4/c1-25-18-9-4-6-16(14-18)11-12-21(24)26-15-20(23)22-13-5-8-17-7-2-3-10-19(17)22/h2-4,6-7,9-12,14H,5,8,13,15H2,1H3/b12-11+. The van der Waals surface area contributed by atoms with E-state index in [1.807, 2.05) is 42.5 Å². The molecule has 0 saturated heterocycles. The van der Waals surface area contributed by atoms with Gasteiger partial charge in [-0.1, -0.05) is 30.3 Å². The molecule has 5 nitrogen and oxygen atoms in total. The molecule has 1 heterocycles. The van der Waals surface area contributed by atoms with Crippen molar-refractivity contribution in [3.8, 4) is 5.75 Å². The van der Waals surface area contributed by atoms with Crippen LogP contribution in [0.3, 0.4) is 0 Å². The van der Waals surface area contributed by atoms with Gasteiger partial charge in [-0.2, -0.15) is 0 Å². The summed E-state index contributed by atoms with van der Waals surface area (Å²) in [6.07, 6.45) is 4.81. The van der Waals surface area contributed by atoms with E-state index in [4.69, 9.17) is 9.47 Å². The van der Waals surface area contributed by atoms with Gasteiger partial charge in [-0.25, -0.2) is 4.79 Å². The number of aryl methyl sites for hydroxylation is 1. The molecule has 2 aromatic rings. The van der Waals surface area contributed by atoms with Gasteiger partial charge in [0, 0.05) is 18.3 Å². The number of para-hydroxylation sites is 1. The van der Waals surface area contributed by atoms with Crippen molar-refractivity contribution in [3.63, 3.8) is 0 Å². The number of esters is 1. The lowest BCUT2D eigenvalue weighted by atomic mass is 10.0. The van der Waals surface area contributed by atoms with Gasteiger partial charge in [-0.15, -0.1) is 0 Å². The van der Waals surface area contributed by atoms with Crippen molar-refractivity contribution in [2.75, 3.05) is 25.2 Å². The predicted octanol–water partition coefficient (Wildman–Crippen LogP) is 3.23. The van der Waals surface area contributed by atoms with Gasteiger partial charge >= 0.3 is 5.97 Å². The number of carbonyl (C=O) groups is 2. The average Bonchev–Trinajstić information content (AvgIpc) is 2.70. The second-order valence-corrected chi connectivity index (χ2v) is 6.00. The molecule has 5 heteroatoms. The van der Waals surface area contributed by atoms with Gasteiger partial charge in [-0.3, -0.25) is 4.79 Å². The Kier molecular flexibility index (Phi) is 5.69. The average molecular weight is 351 g/mol. The van der Waals surface area contributed by atoms with Gasteiger partial charge in [0.15, 0.2) is 6.61 Å². The SMILES string of the molecule is COc1cccc(/C=C/C(=O)OCC(=O)N2CCCc3ccccc32)c1. The van der Waals surface area contributed by atoms with Crippen molar-refractivity contribution in [1.29, 1.82) is 0 Å². The Morgan fingerprint density at radius 3 is 2.85 bits per heavy atom. The van der Waals surface area contributed by atoms with Crippen LogP contribution in [0.4, 0.5) is 5.69 Å². The minimum atomic E-state index is -0.550. The largest absolute Gasteiger partial charge is 0.497 e. The summed E-state index contributed by atoms with van der Waals surface area (Å²) in [5.74, 6) is -0.0498. The van der Waals surface area contributed by atoms with E-state index in [-0.39, 0.29) is 12.5 Å². The Bertz CT molecular complexity index is 828. The maximum Gasteiger partial charge on any atom is 0.331 e. The molecule has 1 aliphatic rings. The van der Waals surface area contributed by atoms with E-state index in [1.54, 1.807) is 24.2 Å². The number of ether oxygens (including phenoxy) is 2. The summed E-state index contributed by atoms with van der Waals surface area (Å²) in [6, 6.07) is 15.1. The van der Waals surface area contributed by atoms with Crippen LogP contribution in [0.1, 0.15) is 17.5 Å². The Morgan fingerprint density at radius 1 is 1.15 bits per heavy atom. The van der Waals surface area contributed by atoms with Crippen LogP contribution in [0.15, 0.2) is 54.6 Å². The number of rotatable bonds is 5. The molecule has 0 radical (unpaired) electrons. The summed E-state index contributed by atoms with van der Waals surface area (Å²) < 4.78 is 10.2. The maximum atomic E-state index is 12.4. The number of amides is 1. The van der Waals surface area contributed by atoms with E-state index in [0.29, 0.717) is 12.3 Å². The number of hydrogen-bond donors (Lipinski definition) is 0. The first-order chi connectivity index (χ1) is 12.7.